The van der Waals surface area contributed by atoms with Gasteiger partial charge in [-0.15, -0.1) is 0 Å². The van der Waals surface area contributed by atoms with Gasteiger partial charge in [-0.05, 0) is 51.7 Å². The molecule has 1 aromatic carbocycles. The fourth-order valence-corrected chi connectivity index (χ4v) is 2.18. The summed E-state index contributed by atoms with van der Waals surface area (Å²) in [7, 11) is -0.608. The van der Waals surface area contributed by atoms with Crippen LogP contribution in [0.4, 0.5) is 4.39 Å². The van der Waals surface area contributed by atoms with E-state index >= 15 is 0 Å². The molecule has 2 rings (SSSR count). The largest absolute Gasteiger partial charge is 0.494 e. The van der Waals surface area contributed by atoms with Gasteiger partial charge in [0.15, 0.2) is 0 Å². The molecule has 4 nitrogen and oxygen atoms in total. The summed E-state index contributed by atoms with van der Waals surface area (Å²) < 4.78 is 25.8. The summed E-state index contributed by atoms with van der Waals surface area (Å²) in [5.74, 6) is -0.966. The summed E-state index contributed by atoms with van der Waals surface area (Å²) in [6.45, 7) is 10.3. The molecule has 1 saturated heterocycles. The molecule has 0 bridgehead atoms. The lowest BCUT2D eigenvalue weighted by atomic mass is 9.78. The summed E-state index contributed by atoms with van der Waals surface area (Å²) in [6, 6.07) is 4.37. The number of amides is 1. The molecule has 0 atom stereocenters. The second kappa shape index (κ2) is 6.01. The second-order valence-electron chi connectivity index (χ2n) is 6.58. The van der Waals surface area contributed by atoms with Crippen molar-refractivity contribution in [2.45, 2.75) is 52.2 Å². The van der Waals surface area contributed by atoms with Crippen LogP contribution in [0.2, 0.25) is 0 Å². The van der Waals surface area contributed by atoms with Gasteiger partial charge in [0.1, 0.15) is 5.82 Å². The van der Waals surface area contributed by atoms with E-state index in [-0.39, 0.29) is 5.56 Å². The molecule has 6 heteroatoms. The van der Waals surface area contributed by atoms with Gasteiger partial charge < -0.3 is 14.6 Å². The average molecular weight is 307 g/mol. The van der Waals surface area contributed by atoms with E-state index in [1.807, 2.05) is 34.6 Å². The van der Waals surface area contributed by atoms with Gasteiger partial charge in [0, 0.05) is 6.54 Å². The molecule has 1 aromatic rings. The van der Waals surface area contributed by atoms with Crippen LogP contribution in [-0.2, 0) is 9.31 Å². The highest BCUT2D eigenvalue weighted by Crippen LogP contribution is 2.36. The molecule has 1 heterocycles. The number of halogens is 1. The molecule has 1 fully saturated rings. The van der Waals surface area contributed by atoms with Gasteiger partial charge >= 0.3 is 7.12 Å². The molecule has 0 saturated carbocycles. The Bertz CT molecular complexity index is 559. The Kier molecular flexibility index (Phi) is 4.63. The minimum absolute atomic E-state index is 0.0145. The van der Waals surface area contributed by atoms with Gasteiger partial charge in [0.05, 0.1) is 16.8 Å². The Morgan fingerprint density at radius 2 is 1.82 bits per heavy atom. The maximum atomic E-state index is 13.9. The predicted octanol–water partition coefficient (Wildman–Crippen LogP) is 2.26. The Morgan fingerprint density at radius 3 is 2.36 bits per heavy atom. The zero-order valence-corrected chi connectivity index (χ0v) is 13.8. The first-order chi connectivity index (χ1) is 10.2. The van der Waals surface area contributed by atoms with E-state index in [2.05, 4.69) is 5.32 Å². The molecule has 1 aliphatic rings. The summed E-state index contributed by atoms with van der Waals surface area (Å²) >= 11 is 0. The third-order valence-electron chi connectivity index (χ3n) is 4.30. The smallest absolute Gasteiger partial charge is 0.399 e. The minimum atomic E-state index is -0.608. The fourth-order valence-electron chi connectivity index (χ4n) is 2.18. The highest BCUT2D eigenvalue weighted by atomic mass is 19.1. The summed E-state index contributed by atoms with van der Waals surface area (Å²) in [6.07, 6.45) is 0.796. The van der Waals surface area contributed by atoms with E-state index in [4.69, 9.17) is 9.31 Å². The van der Waals surface area contributed by atoms with E-state index in [1.165, 1.54) is 12.1 Å². The molecular formula is C16H23BFNO3. The predicted molar refractivity (Wildman–Crippen MR) is 84.7 cm³/mol. The van der Waals surface area contributed by atoms with Crippen molar-refractivity contribution in [3.8, 4) is 0 Å². The monoisotopic (exact) mass is 307 g/mol. The third-order valence-corrected chi connectivity index (χ3v) is 4.30. The fraction of sp³-hybridized carbons (Fsp3) is 0.562. The van der Waals surface area contributed by atoms with Crippen molar-refractivity contribution in [3.05, 3.63) is 29.6 Å². The SMILES string of the molecule is CCCNC(=O)c1cc(B2OC(C)(C)C(C)(C)O2)ccc1F. The molecule has 120 valence electrons. The van der Waals surface area contributed by atoms with Gasteiger partial charge in [0.2, 0.25) is 0 Å². The molecule has 1 amide bonds. The van der Waals surface area contributed by atoms with Crippen molar-refractivity contribution in [3.63, 3.8) is 0 Å². The summed E-state index contributed by atoms with van der Waals surface area (Å²) in [5, 5.41) is 2.68. The van der Waals surface area contributed by atoms with Crippen molar-refractivity contribution in [1.82, 2.24) is 5.32 Å². The zero-order chi connectivity index (χ0) is 16.5. The zero-order valence-electron chi connectivity index (χ0n) is 13.8. The molecule has 1 aliphatic heterocycles. The number of hydrogen-bond acceptors (Lipinski definition) is 3. The molecule has 0 spiro atoms. The Morgan fingerprint density at radius 1 is 1.23 bits per heavy atom. The van der Waals surface area contributed by atoms with Crippen LogP contribution in [0.5, 0.6) is 0 Å². The normalized spacial score (nSPS) is 19.3. The van der Waals surface area contributed by atoms with Crippen molar-refractivity contribution in [1.29, 1.82) is 0 Å². The van der Waals surface area contributed by atoms with Gasteiger partial charge in [-0.3, -0.25) is 4.79 Å². The first-order valence-electron chi connectivity index (χ1n) is 7.61. The Labute approximate surface area is 131 Å². The minimum Gasteiger partial charge on any atom is -0.399 e. The number of benzene rings is 1. The molecule has 0 aromatic heterocycles. The van der Waals surface area contributed by atoms with Crippen molar-refractivity contribution >= 4 is 18.5 Å². The maximum absolute atomic E-state index is 13.9. The highest BCUT2D eigenvalue weighted by molar-refractivity contribution is 6.62. The van der Waals surface area contributed by atoms with Crippen LogP contribution < -0.4 is 10.8 Å². The standard InChI is InChI=1S/C16H23BFNO3/c1-6-9-19-14(20)12-10-11(7-8-13(12)18)17-21-15(2,3)16(4,5)22-17/h7-8,10H,6,9H2,1-5H3,(H,19,20). The van der Waals surface area contributed by atoms with Crippen LogP contribution in [0.15, 0.2) is 18.2 Å². The number of carbonyl (C=O) groups is 1. The van der Waals surface area contributed by atoms with Crippen molar-refractivity contribution in [2.24, 2.45) is 0 Å². The van der Waals surface area contributed by atoms with Gasteiger partial charge in [0.25, 0.3) is 5.91 Å². The maximum Gasteiger partial charge on any atom is 0.494 e. The quantitative estimate of drug-likeness (QED) is 0.868. The third kappa shape index (κ3) is 3.18. The molecule has 22 heavy (non-hydrogen) atoms. The second-order valence-corrected chi connectivity index (χ2v) is 6.58. The van der Waals surface area contributed by atoms with Gasteiger partial charge in [-0.1, -0.05) is 13.0 Å². The van der Waals surface area contributed by atoms with Crippen LogP contribution in [-0.4, -0.2) is 30.8 Å². The summed E-state index contributed by atoms with van der Waals surface area (Å²) in [5.41, 5.74) is -0.296. The lowest BCUT2D eigenvalue weighted by molar-refractivity contribution is 0.00578. The van der Waals surface area contributed by atoms with E-state index in [0.29, 0.717) is 12.0 Å². The first kappa shape index (κ1) is 17.0. The van der Waals surface area contributed by atoms with Crippen molar-refractivity contribution in [2.75, 3.05) is 6.54 Å². The topological polar surface area (TPSA) is 47.6 Å². The molecular weight excluding hydrogens is 284 g/mol. The van der Waals surface area contributed by atoms with E-state index in [9.17, 15) is 9.18 Å². The molecule has 0 unspecified atom stereocenters. The van der Waals surface area contributed by atoms with Gasteiger partial charge in [-0.2, -0.15) is 0 Å². The molecule has 0 aliphatic carbocycles. The lowest BCUT2D eigenvalue weighted by Crippen LogP contribution is -2.41. The van der Waals surface area contributed by atoms with E-state index < -0.39 is 30.0 Å². The Hall–Kier alpha value is -1.40. The van der Waals surface area contributed by atoms with Crippen LogP contribution in [0.25, 0.3) is 0 Å². The lowest BCUT2D eigenvalue weighted by Gasteiger charge is -2.32. The van der Waals surface area contributed by atoms with Crippen LogP contribution in [0.3, 0.4) is 0 Å². The van der Waals surface area contributed by atoms with Crippen LogP contribution in [0, 0.1) is 5.82 Å². The molecule has 0 radical (unpaired) electrons. The number of carbonyl (C=O) groups excluding carboxylic acids is 1. The van der Waals surface area contributed by atoms with E-state index in [0.717, 1.165) is 6.42 Å². The number of rotatable bonds is 4. The van der Waals surface area contributed by atoms with E-state index in [1.54, 1.807) is 6.07 Å². The van der Waals surface area contributed by atoms with Crippen molar-refractivity contribution < 1.29 is 18.5 Å². The number of hydrogen-bond donors (Lipinski definition) is 1. The Balaban J connectivity index is 2.25. The number of nitrogens with one attached hydrogen (secondary N) is 1. The average Bonchev–Trinajstić information content (AvgIpc) is 2.65. The van der Waals surface area contributed by atoms with Gasteiger partial charge in [-0.25, -0.2) is 4.39 Å². The molecule has 1 N–H and O–H groups in total. The summed E-state index contributed by atoms with van der Waals surface area (Å²) in [4.78, 5) is 12.0. The first-order valence-corrected chi connectivity index (χ1v) is 7.61. The highest BCUT2D eigenvalue weighted by Gasteiger charge is 2.51. The van der Waals surface area contributed by atoms with Crippen LogP contribution >= 0.6 is 0 Å². The van der Waals surface area contributed by atoms with Crippen LogP contribution in [0.1, 0.15) is 51.4 Å².